The zero-order valence-corrected chi connectivity index (χ0v) is 13.4. The van der Waals surface area contributed by atoms with Crippen LogP contribution in [0.3, 0.4) is 0 Å². The van der Waals surface area contributed by atoms with E-state index in [4.69, 9.17) is 21.1 Å². The number of amides is 1. The van der Waals surface area contributed by atoms with E-state index in [0.29, 0.717) is 24.7 Å². The van der Waals surface area contributed by atoms with Gasteiger partial charge in [-0.15, -0.1) is 0 Å². The van der Waals surface area contributed by atoms with Crippen molar-refractivity contribution in [3.8, 4) is 0 Å². The Balaban J connectivity index is 1.41. The summed E-state index contributed by atoms with van der Waals surface area (Å²) in [5.41, 5.74) is 0.880. The van der Waals surface area contributed by atoms with E-state index in [-0.39, 0.29) is 17.6 Å². The molecule has 1 N–H and O–H groups in total. The fourth-order valence-corrected chi connectivity index (χ4v) is 3.07. The Morgan fingerprint density at radius 1 is 1.45 bits per heavy atom. The lowest BCUT2D eigenvalue weighted by Crippen LogP contribution is -2.35. The van der Waals surface area contributed by atoms with E-state index in [0.717, 1.165) is 37.9 Å². The predicted molar refractivity (Wildman–Crippen MR) is 84.9 cm³/mol. The summed E-state index contributed by atoms with van der Waals surface area (Å²) < 4.78 is 11.0. The molecule has 1 saturated heterocycles. The van der Waals surface area contributed by atoms with Crippen molar-refractivity contribution in [2.24, 2.45) is 0 Å². The summed E-state index contributed by atoms with van der Waals surface area (Å²) in [5.74, 6) is 0.0322. The summed E-state index contributed by atoms with van der Waals surface area (Å²) >= 11 is 6.04. The minimum absolute atomic E-state index is 0.0322. The Labute approximate surface area is 136 Å². The average Bonchev–Trinajstić information content (AvgIpc) is 3.09. The minimum atomic E-state index is -0.212. The maximum atomic E-state index is 12.1. The van der Waals surface area contributed by atoms with Gasteiger partial charge in [-0.3, -0.25) is 4.79 Å². The molecule has 5 heteroatoms. The Morgan fingerprint density at radius 2 is 2.32 bits per heavy atom. The summed E-state index contributed by atoms with van der Waals surface area (Å²) in [6.45, 7) is 1.86. The molecule has 2 fully saturated rings. The van der Waals surface area contributed by atoms with Crippen molar-refractivity contribution in [3.63, 3.8) is 0 Å². The molecule has 22 heavy (non-hydrogen) atoms. The Bertz CT molecular complexity index is 524. The number of carbonyl (C=O) groups is 1. The number of halogens is 1. The Morgan fingerprint density at radius 3 is 3.00 bits per heavy atom. The lowest BCUT2D eigenvalue weighted by Gasteiger charge is -2.18. The van der Waals surface area contributed by atoms with Crippen molar-refractivity contribution in [2.75, 3.05) is 19.8 Å². The van der Waals surface area contributed by atoms with Crippen LogP contribution in [0.25, 0.3) is 0 Å². The zero-order chi connectivity index (χ0) is 15.4. The van der Waals surface area contributed by atoms with Gasteiger partial charge in [-0.05, 0) is 43.4 Å². The van der Waals surface area contributed by atoms with Crippen LogP contribution in [0.5, 0.6) is 0 Å². The van der Waals surface area contributed by atoms with Crippen molar-refractivity contribution < 1.29 is 14.3 Å². The van der Waals surface area contributed by atoms with Gasteiger partial charge in [0.25, 0.3) is 0 Å². The van der Waals surface area contributed by atoms with Gasteiger partial charge in [-0.2, -0.15) is 0 Å². The molecule has 2 aliphatic rings. The molecule has 1 atom stereocenters. The summed E-state index contributed by atoms with van der Waals surface area (Å²) in [4.78, 5) is 12.1. The van der Waals surface area contributed by atoms with Gasteiger partial charge in [-0.1, -0.05) is 23.7 Å². The topological polar surface area (TPSA) is 47.6 Å². The van der Waals surface area contributed by atoms with Crippen LogP contribution in [0.15, 0.2) is 24.3 Å². The first-order chi connectivity index (χ1) is 10.7. The molecular formula is C17H22ClNO3. The SMILES string of the molecule is O=C(CCOC[C@@H]1CCCO1)NC1(c2cccc(Cl)c2)CC1. The zero-order valence-electron chi connectivity index (χ0n) is 12.6. The first-order valence-corrected chi connectivity index (χ1v) is 8.32. The number of hydrogen-bond donors (Lipinski definition) is 1. The molecule has 0 unspecified atom stereocenters. The fraction of sp³-hybridized carbons (Fsp3) is 0.588. The van der Waals surface area contributed by atoms with Gasteiger partial charge in [0, 0.05) is 18.1 Å². The molecule has 0 radical (unpaired) electrons. The Kier molecular flexibility index (Phi) is 5.01. The molecule has 1 aromatic rings. The van der Waals surface area contributed by atoms with Crippen LogP contribution in [0, 0.1) is 0 Å². The number of nitrogens with one attached hydrogen (secondary N) is 1. The van der Waals surface area contributed by atoms with Crippen molar-refractivity contribution >= 4 is 17.5 Å². The number of rotatable bonds is 7. The van der Waals surface area contributed by atoms with E-state index in [2.05, 4.69) is 5.32 Å². The molecule has 1 aliphatic heterocycles. The van der Waals surface area contributed by atoms with E-state index in [9.17, 15) is 4.79 Å². The van der Waals surface area contributed by atoms with Crippen molar-refractivity contribution in [3.05, 3.63) is 34.9 Å². The molecule has 0 bridgehead atoms. The molecule has 1 amide bonds. The standard InChI is InChI=1S/C17H22ClNO3/c18-14-4-1-3-13(11-14)17(7-8-17)19-16(20)6-10-21-12-15-5-2-9-22-15/h1,3-4,11,15H,2,5-10,12H2,(H,19,20)/t15-/m0/s1. The first-order valence-electron chi connectivity index (χ1n) is 7.94. The van der Waals surface area contributed by atoms with Crippen molar-refractivity contribution in [2.45, 2.75) is 43.7 Å². The Hall–Kier alpha value is -1.10. The van der Waals surface area contributed by atoms with Crippen LogP contribution < -0.4 is 5.32 Å². The van der Waals surface area contributed by atoms with E-state index in [1.807, 2.05) is 24.3 Å². The van der Waals surface area contributed by atoms with Crippen molar-refractivity contribution in [1.82, 2.24) is 5.32 Å². The first kappa shape index (κ1) is 15.8. The van der Waals surface area contributed by atoms with Gasteiger partial charge in [0.2, 0.25) is 5.91 Å². The van der Waals surface area contributed by atoms with Crippen LogP contribution in [-0.2, 0) is 19.8 Å². The number of hydrogen-bond acceptors (Lipinski definition) is 3. The highest BCUT2D eigenvalue weighted by molar-refractivity contribution is 6.30. The minimum Gasteiger partial charge on any atom is -0.378 e. The van der Waals surface area contributed by atoms with Gasteiger partial charge in [0.1, 0.15) is 0 Å². The van der Waals surface area contributed by atoms with Crippen LogP contribution in [-0.4, -0.2) is 31.8 Å². The molecule has 1 saturated carbocycles. The third-order valence-corrected chi connectivity index (χ3v) is 4.54. The quantitative estimate of drug-likeness (QED) is 0.785. The van der Waals surface area contributed by atoms with Crippen LogP contribution >= 0.6 is 11.6 Å². The summed E-state index contributed by atoms with van der Waals surface area (Å²) in [7, 11) is 0. The maximum absolute atomic E-state index is 12.1. The maximum Gasteiger partial charge on any atom is 0.223 e. The average molecular weight is 324 g/mol. The van der Waals surface area contributed by atoms with Crippen LogP contribution in [0.1, 0.15) is 37.7 Å². The van der Waals surface area contributed by atoms with E-state index < -0.39 is 0 Å². The molecular weight excluding hydrogens is 302 g/mol. The second kappa shape index (κ2) is 6.99. The highest BCUT2D eigenvalue weighted by Crippen LogP contribution is 2.46. The molecule has 0 spiro atoms. The third kappa shape index (κ3) is 4.00. The normalized spacial score (nSPS) is 22.5. The lowest BCUT2D eigenvalue weighted by atomic mass is 10.0. The second-order valence-electron chi connectivity index (χ2n) is 6.10. The van der Waals surface area contributed by atoms with E-state index >= 15 is 0 Å². The van der Waals surface area contributed by atoms with Crippen LogP contribution in [0.4, 0.5) is 0 Å². The van der Waals surface area contributed by atoms with Crippen molar-refractivity contribution in [1.29, 1.82) is 0 Å². The number of carbonyl (C=O) groups excluding carboxylic acids is 1. The molecule has 1 aliphatic carbocycles. The van der Waals surface area contributed by atoms with Gasteiger partial charge >= 0.3 is 0 Å². The molecule has 120 valence electrons. The number of ether oxygens (including phenoxy) is 2. The third-order valence-electron chi connectivity index (χ3n) is 4.31. The monoisotopic (exact) mass is 323 g/mol. The molecule has 0 aromatic heterocycles. The van der Waals surface area contributed by atoms with Gasteiger partial charge in [-0.25, -0.2) is 0 Å². The second-order valence-corrected chi connectivity index (χ2v) is 6.54. The van der Waals surface area contributed by atoms with Gasteiger partial charge in [0.15, 0.2) is 0 Å². The highest BCUT2D eigenvalue weighted by atomic mass is 35.5. The number of benzene rings is 1. The molecule has 1 heterocycles. The summed E-state index contributed by atoms with van der Waals surface area (Å²) in [6, 6.07) is 7.73. The van der Waals surface area contributed by atoms with Gasteiger partial charge < -0.3 is 14.8 Å². The smallest absolute Gasteiger partial charge is 0.223 e. The highest BCUT2D eigenvalue weighted by Gasteiger charge is 2.45. The molecule has 4 nitrogen and oxygen atoms in total. The van der Waals surface area contributed by atoms with E-state index in [1.165, 1.54) is 0 Å². The summed E-state index contributed by atoms with van der Waals surface area (Å²) in [6.07, 6.45) is 4.70. The largest absolute Gasteiger partial charge is 0.378 e. The summed E-state index contributed by atoms with van der Waals surface area (Å²) in [5, 5.41) is 3.84. The van der Waals surface area contributed by atoms with Crippen LogP contribution in [0.2, 0.25) is 5.02 Å². The molecule has 3 rings (SSSR count). The predicted octanol–water partition coefficient (Wildman–Crippen LogP) is 3.03. The van der Waals surface area contributed by atoms with Gasteiger partial charge in [0.05, 0.1) is 24.9 Å². The fourth-order valence-electron chi connectivity index (χ4n) is 2.88. The molecule has 1 aromatic carbocycles. The van der Waals surface area contributed by atoms with E-state index in [1.54, 1.807) is 0 Å². The lowest BCUT2D eigenvalue weighted by molar-refractivity contribution is -0.123.